The van der Waals surface area contributed by atoms with Crippen molar-refractivity contribution >= 4 is 28.6 Å². The van der Waals surface area contributed by atoms with E-state index in [0.717, 1.165) is 68.3 Å². The zero-order valence-electron chi connectivity index (χ0n) is 20.7. The molecule has 3 aromatic heterocycles. The summed E-state index contributed by atoms with van der Waals surface area (Å²) in [5.74, 6) is 2.62. The normalized spacial score (nSPS) is 24.7. The minimum Gasteiger partial charge on any atom is -0.476 e. The van der Waals surface area contributed by atoms with Crippen molar-refractivity contribution in [2.24, 2.45) is 13.0 Å². The maximum absolute atomic E-state index is 12.2. The highest BCUT2D eigenvalue weighted by Gasteiger charge is 2.40. The Morgan fingerprint density at radius 3 is 3.03 bits per heavy atom. The molecule has 3 N–H and O–H groups in total. The maximum Gasteiger partial charge on any atom is 0.407 e. The number of aryl methyl sites for hydroxylation is 1. The van der Waals surface area contributed by atoms with E-state index < -0.39 is 0 Å². The number of aromatic amines is 1. The number of nitrogens with one attached hydrogen (secondary N) is 3. The van der Waals surface area contributed by atoms with Crippen LogP contribution in [0, 0.1) is 5.92 Å². The molecule has 6 rings (SSSR count). The summed E-state index contributed by atoms with van der Waals surface area (Å²) in [4.78, 5) is 16.7. The third-order valence-electron chi connectivity index (χ3n) is 7.54. The molecule has 3 fully saturated rings. The van der Waals surface area contributed by atoms with Gasteiger partial charge in [0.2, 0.25) is 5.88 Å². The highest BCUT2D eigenvalue weighted by molar-refractivity contribution is 5.93. The maximum atomic E-state index is 12.2. The fourth-order valence-corrected chi connectivity index (χ4v) is 5.10. The molecule has 1 aliphatic heterocycles. The molecule has 11 heteroatoms. The first kappa shape index (κ1) is 23.1. The molecule has 36 heavy (non-hydrogen) atoms. The van der Waals surface area contributed by atoms with Crippen LogP contribution < -0.4 is 15.4 Å². The van der Waals surface area contributed by atoms with Gasteiger partial charge in [-0.3, -0.25) is 9.78 Å². The van der Waals surface area contributed by atoms with Gasteiger partial charge in [0.05, 0.1) is 18.6 Å². The van der Waals surface area contributed by atoms with Crippen molar-refractivity contribution in [2.45, 2.75) is 63.0 Å². The van der Waals surface area contributed by atoms with Crippen LogP contribution in [0.4, 0.5) is 16.4 Å². The van der Waals surface area contributed by atoms with Crippen molar-refractivity contribution < 1.29 is 19.0 Å². The lowest BCUT2D eigenvalue weighted by atomic mass is 10.0. The van der Waals surface area contributed by atoms with Crippen LogP contribution in [-0.2, 0) is 16.5 Å². The van der Waals surface area contributed by atoms with Gasteiger partial charge in [-0.05, 0) is 51.5 Å². The lowest BCUT2D eigenvalue weighted by Crippen LogP contribution is -2.36. The van der Waals surface area contributed by atoms with Gasteiger partial charge >= 0.3 is 6.09 Å². The molecule has 2 saturated carbocycles. The van der Waals surface area contributed by atoms with Gasteiger partial charge in [-0.15, -0.1) is 5.10 Å². The van der Waals surface area contributed by atoms with E-state index in [4.69, 9.17) is 14.2 Å². The summed E-state index contributed by atoms with van der Waals surface area (Å²) in [7, 11) is 1.88. The number of rotatable bonds is 8. The first-order valence-corrected chi connectivity index (χ1v) is 12.8. The third-order valence-corrected chi connectivity index (χ3v) is 7.54. The average molecular weight is 496 g/mol. The highest BCUT2D eigenvalue weighted by atomic mass is 16.6. The Morgan fingerprint density at radius 1 is 1.33 bits per heavy atom. The highest BCUT2D eigenvalue weighted by Crippen LogP contribution is 2.38. The number of ether oxygens (including phenoxy) is 3. The standard InChI is InChI=1S/C25H33N7O4/c1-25(7-8-25)28-24(33)36-17-4-3-16(11-17)19-12-20(30-29-19)27-22-21-18(5-9-26-22)23(31-32(21)2)35-14-15-6-10-34-13-15/h5,9,12,15-17H,3-4,6-8,10-11,13-14H2,1-2H3,(H,28,33)(H2,26,27,29,30). The van der Waals surface area contributed by atoms with Crippen molar-refractivity contribution in [3.05, 3.63) is 24.0 Å². The number of nitrogens with zero attached hydrogens (tertiary/aromatic N) is 4. The second kappa shape index (κ2) is 9.27. The van der Waals surface area contributed by atoms with Gasteiger partial charge in [0, 0.05) is 49.0 Å². The molecule has 11 nitrogen and oxygen atoms in total. The largest absolute Gasteiger partial charge is 0.476 e. The molecule has 3 unspecified atom stereocenters. The van der Waals surface area contributed by atoms with Gasteiger partial charge in [0.15, 0.2) is 11.6 Å². The minimum atomic E-state index is -0.303. The Bertz CT molecular complexity index is 1240. The molecule has 1 saturated heterocycles. The average Bonchev–Trinajstić information content (AvgIpc) is 3.40. The van der Waals surface area contributed by atoms with Gasteiger partial charge < -0.3 is 24.8 Å². The first-order chi connectivity index (χ1) is 17.5. The molecule has 0 radical (unpaired) electrons. The number of carbonyl (C=O) groups is 1. The predicted octanol–water partition coefficient (Wildman–Crippen LogP) is 3.77. The zero-order valence-corrected chi connectivity index (χ0v) is 20.7. The Kier molecular flexibility index (Phi) is 5.94. The number of pyridine rings is 1. The molecule has 3 atom stereocenters. The van der Waals surface area contributed by atoms with E-state index in [1.54, 1.807) is 10.9 Å². The van der Waals surface area contributed by atoms with Crippen molar-refractivity contribution in [2.75, 3.05) is 25.1 Å². The van der Waals surface area contributed by atoms with E-state index in [9.17, 15) is 4.79 Å². The van der Waals surface area contributed by atoms with Crippen molar-refractivity contribution in [1.29, 1.82) is 0 Å². The Balaban J connectivity index is 1.10. The van der Waals surface area contributed by atoms with Crippen molar-refractivity contribution in [3.63, 3.8) is 0 Å². The summed E-state index contributed by atoms with van der Waals surface area (Å²) >= 11 is 0. The Hall–Kier alpha value is -3.34. The Morgan fingerprint density at radius 2 is 2.22 bits per heavy atom. The van der Waals surface area contributed by atoms with Crippen LogP contribution in [0.3, 0.4) is 0 Å². The molecule has 1 amide bonds. The minimum absolute atomic E-state index is 0.0679. The van der Waals surface area contributed by atoms with E-state index in [0.29, 0.717) is 30.0 Å². The number of hydrogen-bond acceptors (Lipinski definition) is 8. The van der Waals surface area contributed by atoms with E-state index in [-0.39, 0.29) is 23.7 Å². The topological polar surface area (TPSA) is 128 Å². The molecule has 4 heterocycles. The third kappa shape index (κ3) is 4.84. The predicted molar refractivity (Wildman–Crippen MR) is 132 cm³/mol. The second-order valence-electron chi connectivity index (χ2n) is 10.6. The van der Waals surface area contributed by atoms with Crippen LogP contribution in [0.15, 0.2) is 18.3 Å². The van der Waals surface area contributed by atoms with Gasteiger partial charge in [0.1, 0.15) is 11.6 Å². The summed E-state index contributed by atoms with van der Waals surface area (Å²) in [5, 5.41) is 19.4. The summed E-state index contributed by atoms with van der Waals surface area (Å²) in [6.45, 7) is 4.17. The van der Waals surface area contributed by atoms with Crippen LogP contribution in [-0.4, -0.2) is 62.5 Å². The molecule has 2 aliphatic carbocycles. The fourth-order valence-electron chi connectivity index (χ4n) is 5.10. The molecule has 0 aromatic carbocycles. The van der Waals surface area contributed by atoms with Gasteiger partial charge in [0.25, 0.3) is 0 Å². The number of amides is 1. The molecule has 3 aromatic rings. The summed E-state index contributed by atoms with van der Waals surface area (Å²) in [5.41, 5.74) is 1.81. The van der Waals surface area contributed by atoms with E-state index in [1.807, 2.05) is 26.1 Å². The van der Waals surface area contributed by atoms with Crippen LogP contribution in [0.2, 0.25) is 0 Å². The molecular formula is C25H33N7O4. The number of hydrogen-bond donors (Lipinski definition) is 3. The number of alkyl carbamates (subject to hydrolysis) is 1. The quantitative estimate of drug-likeness (QED) is 0.431. The van der Waals surface area contributed by atoms with Crippen LogP contribution >= 0.6 is 0 Å². The summed E-state index contributed by atoms with van der Waals surface area (Å²) < 4.78 is 18.9. The van der Waals surface area contributed by atoms with Crippen LogP contribution in [0.25, 0.3) is 10.9 Å². The summed E-state index contributed by atoms with van der Waals surface area (Å²) in [6.07, 6.45) is 7.00. The number of H-pyrrole nitrogens is 1. The Labute approximate surface area is 209 Å². The molecule has 3 aliphatic rings. The van der Waals surface area contributed by atoms with Gasteiger partial charge in [-0.25, -0.2) is 9.78 Å². The molecular weight excluding hydrogens is 462 g/mol. The monoisotopic (exact) mass is 495 g/mol. The molecule has 0 spiro atoms. The second-order valence-corrected chi connectivity index (χ2v) is 10.6. The number of aromatic nitrogens is 5. The SMILES string of the molecule is Cn1nc(OCC2CCOC2)c2ccnc(Nc3cc(C4CCC(OC(=O)NC5(C)CC5)C4)[nH]n3)c21. The number of anilines is 2. The molecule has 192 valence electrons. The number of carbonyl (C=O) groups excluding carboxylic acids is 1. The molecule has 0 bridgehead atoms. The van der Waals surface area contributed by atoms with Crippen molar-refractivity contribution in [3.8, 4) is 5.88 Å². The van der Waals surface area contributed by atoms with Crippen molar-refractivity contribution in [1.82, 2.24) is 30.3 Å². The fraction of sp³-hybridized carbons (Fsp3) is 0.600. The van der Waals surface area contributed by atoms with E-state index in [1.165, 1.54) is 0 Å². The van der Waals surface area contributed by atoms with Gasteiger partial charge in [-0.2, -0.15) is 5.10 Å². The van der Waals surface area contributed by atoms with Gasteiger partial charge in [-0.1, -0.05) is 0 Å². The lowest BCUT2D eigenvalue weighted by Gasteiger charge is -2.16. The van der Waals surface area contributed by atoms with E-state index in [2.05, 4.69) is 30.9 Å². The smallest absolute Gasteiger partial charge is 0.407 e. The number of fused-ring (bicyclic) bond motifs is 1. The van der Waals surface area contributed by atoms with E-state index >= 15 is 0 Å². The summed E-state index contributed by atoms with van der Waals surface area (Å²) in [6, 6.07) is 3.93. The first-order valence-electron chi connectivity index (χ1n) is 12.8. The van der Waals surface area contributed by atoms with Crippen LogP contribution in [0.5, 0.6) is 5.88 Å². The van der Waals surface area contributed by atoms with Crippen LogP contribution in [0.1, 0.15) is 57.1 Å². The zero-order chi connectivity index (χ0) is 24.7. The lowest BCUT2D eigenvalue weighted by molar-refractivity contribution is 0.0967.